The van der Waals surface area contributed by atoms with Crippen LogP contribution in [0.5, 0.6) is 0 Å². The van der Waals surface area contributed by atoms with Gasteiger partial charge in [-0.15, -0.1) is 0 Å². The van der Waals surface area contributed by atoms with Gasteiger partial charge in [-0.3, -0.25) is 9.48 Å². The van der Waals surface area contributed by atoms with Crippen LogP contribution in [0.15, 0.2) is 18.5 Å². The molecule has 0 radical (unpaired) electrons. The van der Waals surface area contributed by atoms with Crippen LogP contribution in [0, 0.1) is 0 Å². The molecule has 3 heterocycles. The van der Waals surface area contributed by atoms with Gasteiger partial charge in [0.05, 0.1) is 24.1 Å². The Balaban J connectivity index is 1.92. The predicted octanol–water partition coefficient (Wildman–Crippen LogP) is 0.111. The molecule has 1 unspecified atom stereocenters. The van der Waals surface area contributed by atoms with Crippen LogP contribution in [-0.4, -0.2) is 47.0 Å². The maximum Gasteiger partial charge on any atom is 0.254 e. The molecule has 1 amide bonds. The van der Waals surface area contributed by atoms with Crippen LogP contribution in [-0.2, 0) is 18.3 Å². The Morgan fingerprint density at radius 1 is 1.57 bits per heavy atom. The van der Waals surface area contributed by atoms with Gasteiger partial charge in [0.15, 0.2) is 0 Å². The SMILES string of the molecule is COCC(N)CNc1cc2c(c(-c3cnn(C)c3)n1)C(=O)NC2. The summed E-state index contributed by atoms with van der Waals surface area (Å²) in [5, 5.41) is 10.2. The minimum atomic E-state index is -0.128. The van der Waals surface area contributed by atoms with Crippen molar-refractivity contribution < 1.29 is 9.53 Å². The number of ether oxygens (including phenoxy) is 1. The summed E-state index contributed by atoms with van der Waals surface area (Å²) in [6.45, 7) is 1.50. The Labute approximate surface area is 134 Å². The molecular weight excluding hydrogens is 296 g/mol. The number of methoxy groups -OCH3 is 1. The van der Waals surface area contributed by atoms with E-state index in [1.54, 1.807) is 18.0 Å². The van der Waals surface area contributed by atoms with E-state index in [1.165, 1.54) is 0 Å². The maximum absolute atomic E-state index is 12.1. The summed E-state index contributed by atoms with van der Waals surface area (Å²) >= 11 is 0. The molecule has 23 heavy (non-hydrogen) atoms. The summed E-state index contributed by atoms with van der Waals surface area (Å²) in [7, 11) is 3.45. The van der Waals surface area contributed by atoms with E-state index >= 15 is 0 Å². The lowest BCUT2D eigenvalue weighted by molar-refractivity contribution is 0.0966. The van der Waals surface area contributed by atoms with E-state index in [9.17, 15) is 4.79 Å². The van der Waals surface area contributed by atoms with E-state index in [0.717, 1.165) is 11.1 Å². The zero-order valence-electron chi connectivity index (χ0n) is 13.2. The van der Waals surface area contributed by atoms with Crippen molar-refractivity contribution in [1.82, 2.24) is 20.1 Å². The summed E-state index contributed by atoms with van der Waals surface area (Å²) in [5.41, 5.74) is 8.91. The first-order chi connectivity index (χ1) is 11.1. The standard InChI is InChI=1S/C15H20N6O2/c1-21-7-10(5-19-21)14-13-9(4-18-15(13)22)3-12(20-14)17-6-11(16)8-23-2/h3,5,7,11H,4,6,8,16H2,1-2H3,(H,17,20)(H,18,22). The van der Waals surface area contributed by atoms with Gasteiger partial charge < -0.3 is 21.1 Å². The van der Waals surface area contributed by atoms with Gasteiger partial charge in [0.25, 0.3) is 5.91 Å². The number of fused-ring (bicyclic) bond motifs is 1. The molecule has 2 aromatic rings. The minimum Gasteiger partial charge on any atom is -0.383 e. The third-order valence-corrected chi connectivity index (χ3v) is 3.67. The number of hydrogen-bond acceptors (Lipinski definition) is 6. The lowest BCUT2D eigenvalue weighted by Gasteiger charge is -2.14. The lowest BCUT2D eigenvalue weighted by Crippen LogP contribution is -2.33. The van der Waals surface area contributed by atoms with Crippen molar-refractivity contribution in [1.29, 1.82) is 0 Å². The number of aromatic nitrogens is 3. The Bertz CT molecular complexity index is 727. The van der Waals surface area contributed by atoms with E-state index in [4.69, 9.17) is 10.5 Å². The maximum atomic E-state index is 12.1. The minimum absolute atomic E-state index is 0.103. The molecule has 8 heteroatoms. The molecule has 2 aromatic heterocycles. The average molecular weight is 316 g/mol. The molecule has 0 spiro atoms. The van der Waals surface area contributed by atoms with Crippen molar-refractivity contribution in [2.75, 3.05) is 25.6 Å². The number of aryl methyl sites for hydroxylation is 1. The van der Waals surface area contributed by atoms with Gasteiger partial charge in [0.2, 0.25) is 0 Å². The molecule has 0 saturated heterocycles. The van der Waals surface area contributed by atoms with E-state index < -0.39 is 0 Å². The highest BCUT2D eigenvalue weighted by molar-refractivity contribution is 6.04. The van der Waals surface area contributed by atoms with Crippen molar-refractivity contribution in [3.63, 3.8) is 0 Å². The number of amides is 1. The van der Waals surface area contributed by atoms with Crippen LogP contribution in [0.4, 0.5) is 5.82 Å². The molecule has 0 saturated carbocycles. The van der Waals surface area contributed by atoms with Gasteiger partial charge in [-0.2, -0.15) is 5.10 Å². The smallest absolute Gasteiger partial charge is 0.254 e. The number of anilines is 1. The van der Waals surface area contributed by atoms with Crippen molar-refractivity contribution in [2.45, 2.75) is 12.6 Å². The normalized spacial score (nSPS) is 14.5. The fraction of sp³-hybridized carbons (Fsp3) is 0.400. The van der Waals surface area contributed by atoms with Gasteiger partial charge in [-0.1, -0.05) is 0 Å². The Kier molecular flexibility index (Phi) is 4.26. The highest BCUT2D eigenvalue weighted by atomic mass is 16.5. The molecule has 1 atom stereocenters. The number of carbonyl (C=O) groups excluding carboxylic acids is 1. The van der Waals surface area contributed by atoms with E-state index in [0.29, 0.717) is 36.8 Å². The van der Waals surface area contributed by atoms with Gasteiger partial charge >= 0.3 is 0 Å². The highest BCUT2D eigenvalue weighted by Gasteiger charge is 2.26. The predicted molar refractivity (Wildman–Crippen MR) is 86.0 cm³/mol. The van der Waals surface area contributed by atoms with Crippen LogP contribution in [0.25, 0.3) is 11.3 Å². The Morgan fingerprint density at radius 3 is 3.09 bits per heavy atom. The van der Waals surface area contributed by atoms with Crippen molar-refractivity contribution in [2.24, 2.45) is 12.8 Å². The third kappa shape index (κ3) is 3.17. The molecule has 8 nitrogen and oxygen atoms in total. The molecule has 4 N–H and O–H groups in total. The molecule has 1 aliphatic rings. The van der Waals surface area contributed by atoms with Crippen LogP contribution in [0.3, 0.4) is 0 Å². The number of nitrogens with zero attached hydrogens (tertiary/aromatic N) is 3. The van der Waals surface area contributed by atoms with Crippen molar-refractivity contribution in [3.05, 3.63) is 29.6 Å². The average Bonchev–Trinajstić information content (AvgIpc) is 3.11. The monoisotopic (exact) mass is 316 g/mol. The third-order valence-electron chi connectivity index (χ3n) is 3.67. The summed E-state index contributed by atoms with van der Waals surface area (Å²) in [6.07, 6.45) is 3.54. The van der Waals surface area contributed by atoms with Crippen LogP contribution in [0.1, 0.15) is 15.9 Å². The number of hydrogen-bond donors (Lipinski definition) is 3. The topological polar surface area (TPSA) is 107 Å². The van der Waals surface area contributed by atoms with E-state index in [2.05, 4.69) is 20.7 Å². The zero-order chi connectivity index (χ0) is 16.4. The fourth-order valence-corrected chi connectivity index (χ4v) is 2.61. The summed E-state index contributed by atoms with van der Waals surface area (Å²) in [5.74, 6) is 0.583. The zero-order valence-corrected chi connectivity index (χ0v) is 13.2. The lowest BCUT2D eigenvalue weighted by atomic mass is 10.0. The first-order valence-corrected chi connectivity index (χ1v) is 7.38. The highest BCUT2D eigenvalue weighted by Crippen LogP contribution is 2.29. The molecular formula is C15H20N6O2. The number of carbonyl (C=O) groups is 1. The Hall–Kier alpha value is -2.45. The second-order valence-corrected chi connectivity index (χ2v) is 5.57. The number of pyridine rings is 1. The molecule has 3 rings (SSSR count). The molecule has 122 valence electrons. The van der Waals surface area contributed by atoms with Gasteiger partial charge in [-0.25, -0.2) is 4.98 Å². The summed E-state index contributed by atoms with van der Waals surface area (Å²) < 4.78 is 6.71. The summed E-state index contributed by atoms with van der Waals surface area (Å²) in [6, 6.07) is 1.75. The van der Waals surface area contributed by atoms with Crippen LogP contribution in [0.2, 0.25) is 0 Å². The first-order valence-electron chi connectivity index (χ1n) is 7.38. The molecule has 0 aliphatic carbocycles. The van der Waals surface area contributed by atoms with Crippen molar-refractivity contribution >= 4 is 11.7 Å². The van der Waals surface area contributed by atoms with Gasteiger partial charge in [-0.05, 0) is 11.6 Å². The second kappa shape index (κ2) is 6.35. The first kappa shape index (κ1) is 15.4. The van der Waals surface area contributed by atoms with E-state index in [-0.39, 0.29) is 11.9 Å². The number of nitrogens with one attached hydrogen (secondary N) is 2. The molecule has 0 fully saturated rings. The Morgan fingerprint density at radius 2 is 2.39 bits per heavy atom. The molecule has 0 bridgehead atoms. The number of rotatable bonds is 6. The van der Waals surface area contributed by atoms with Crippen molar-refractivity contribution in [3.8, 4) is 11.3 Å². The largest absolute Gasteiger partial charge is 0.383 e. The second-order valence-electron chi connectivity index (χ2n) is 5.57. The number of nitrogens with two attached hydrogens (primary N) is 1. The molecule has 1 aliphatic heterocycles. The quantitative estimate of drug-likeness (QED) is 0.698. The van der Waals surface area contributed by atoms with E-state index in [1.807, 2.05) is 19.3 Å². The van der Waals surface area contributed by atoms with Crippen LogP contribution < -0.4 is 16.4 Å². The summed E-state index contributed by atoms with van der Waals surface area (Å²) in [4.78, 5) is 16.7. The van der Waals surface area contributed by atoms with Gasteiger partial charge in [0.1, 0.15) is 5.82 Å². The van der Waals surface area contributed by atoms with Crippen LogP contribution >= 0.6 is 0 Å². The fourth-order valence-electron chi connectivity index (χ4n) is 2.61. The molecule has 0 aromatic carbocycles. The van der Waals surface area contributed by atoms with Gasteiger partial charge in [0, 0.05) is 45.0 Å².